The summed E-state index contributed by atoms with van der Waals surface area (Å²) in [6, 6.07) is 15.0. The quantitative estimate of drug-likeness (QED) is 0.557. The van der Waals surface area contributed by atoms with Crippen LogP contribution in [0.25, 0.3) is 11.5 Å². The maximum atomic E-state index is 12.5. The normalized spacial score (nSPS) is 11.4. The first-order valence-electron chi connectivity index (χ1n) is 8.98. The van der Waals surface area contributed by atoms with Gasteiger partial charge in [0, 0.05) is 16.6 Å². The van der Waals surface area contributed by atoms with Crippen molar-refractivity contribution in [1.82, 2.24) is 10.3 Å². The van der Waals surface area contributed by atoms with Gasteiger partial charge < -0.3 is 9.73 Å². The van der Waals surface area contributed by atoms with E-state index in [2.05, 4.69) is 26.2 Å². The van der Waals surface area contributed by atoms with Gasteiger partial charge in [-0.2, -0.15) is 0 Å². The summed E-state index contributed by atoms with van der Waals surface area (Å²) in [6.07, 6.45) is 0. The number of hydrogen-bond donors (Lipinski definition) is 1. The average Bonchev–Trinajstić information content (AvgIpc) is 3.00. The maximum Gasteiger partial charge on any atom is 0.235 e. The van der Waals surface area contributed by atoms with Gasteiger partial charge in [-0.15, -0.1) is 0 Å². The van der Waals surface area contributed by atoms with Crippen molar-refractivity contribution in [3.63, 3.8) is 0 Å². The molecule has 0 saturated carbocycles. The number of nitrogens with one attached hydrogen (secondary N) is 1. The van der Waals surface area contributed by atoms with Crippen LogP contribution in [0.5, 0.6) is 0 Å². The van der Waals surface area contributed by atoms with Crippen LogP contribution in [0.15, 0.2) is 57.4 Å². The lowest BCUT2D eigenvalue weighted by Gasteiger charge is -2.07. The Morgan fingerprint density at radius 1 is 1.10 bits per heavy atom. The Bertz CT molecular complexity index is 1140. The number of rotatable bonds is 7. The van der Waals surface area contributed by atoms with Crippen molar-refractivity contribution in [2.75, 3.05) is 5.75 Å². The zero-order valence-electron chi connectivity index (χ0n) is 16.1. The fraction of sp³-hybridized carbons (Fsp3) is 0.238. The molecule has 0 atom stereocenters. The first-order chi connectivity index (χ1) is 13.7. The van der Waals surface area contributed by atoms with E-state index in [1.165, 1.54) is 0 Å². The molecule has 0 unspecified atom stereocenters. The second kappa shape index (κ2) is 8.92. The standard InChI is InChI=1S/C21H21BrN2O4S/c1-14-7-3-5-9-17(14)21-24-19(15(2)28-21)12-29(26,27)13-20(25)23-11-16-8-4-6-10-18(16)22/h3-10H,11-13H2,1-2H3,(H,23,25). The molecular formula is C21H21BrN2O4S. The Kier molecular flexibility index (Phi) is 6.54. The summed E-state index contributed by atoms with van der Waals surface area (Å²) in [5.41, 5.74) is 2.98. The van der Waals surface area contributed by atoms with E-state index in [9.17, 15) is 13.2 Å². The second-order valence-corrected chi connectivity index (χ2v) is 9.66. The smallest absolute Gasteiger partial charge is 0.235 e. The minimum Gasteiger partial charge on any atom is -0.441 e. The number of carbonyl (C=O) groups excluding carboxylic acids is 1. The molecule has 0 aliphatic carbocycles. The number of aromatic nitrogens is 1. The average molecular weight is 477 g/mol. The highest BCUT2D eigenvalue weighted by molar-refractivity contribution is 9.10. The van der Waals surface area contributed by atoms with E-state index >= 15 is 0 Å². The predicted octanol–water partition coefficient (Wildman–Crippen LogP) is 3.95. The molecule has 0 aliphatic rings. The highest BCUT2D eigenvalue weighted by Gasteiger charge is 2.22. The van der Waals surface area contributed by atoms with Crippen LogP contribution in [0.2, 0.25) is 0 Å². The van der Waals surface area contributed by atoms with Crippen molar-refractivity contribution in [3.8, 4) is 11.5 Å². The monoisotopic (exact) mass is 476 g/mol. The lowest BCUT2D eigenvalue weighted by molar-refractivity contribution is -0.118. The summed E-state index contributed by atoms with van der Waals surface area (Å²) in [4.78, 5) is 16.5. The molecule has 0 aliphatic heterocycles. The number of oxazole rings is 1. The van der Waals surface area contributed by atoms with Gasteiger partial charge in [-0.05, 0) is 37.1 Å². The summed E-state index contributed by atoms with van der Waals surface area (Å²) < 4.78 is 31.5. The highest BCUT2D eigenvalue weighted by Crippen LogP contribution is 2.25. The number of halogens is 1. The molecule has 2 aromatic carbocycles. The van der Waals surface area contributed by atoms with Crippen LogP contribution in [-0.4, -0.2) is 25.1 Å². The Morgan fingerprint density at radius 3 is 2.52 bits per heavy atom. The largest absolute Gasteiger partial charge is 0.441 e. The molecule has 0 radical (unpaired) electrons. The number of amides is 1. The molecule has 0 fully saturated rings. The molecule has 1 N–H and O–H groups in total. The van der Waals surface area contributed by atoms with Crippen LogP contribution >= 0.6 is 15.9 Å². The van der Waals surface area contributed by atoms with Gasteiger partial charge in [-0.25, -0.2) is 13.4 Å². The molecule has 6 nitrogen and oxygen atoms in total. The van der Waals surface area contributed by atoms with Crippen LogP contribution in [0.4, 0.5) is 0 Å². The van der Waals surface area contributed by atoms with Gasteiger partial charge in [0.1, 0.15) is 11.5 Å². The number of hydrogen-bond acceptors (Lipinski definition) is 5. The highest BCUT2D eigenvalue weighted by atomic mass is 79.9. The van der Waals surface area contributed by atoms with Gasteiger partial charge in [0.25, 0.3) is 0 Å². The van der Waals surface area contributed by atoms with Crippen LogP contribution in [0.1, 0.15) is 22.6 Å². The van der Waals surface area contributed by atoms with Crippen LogP contribution < -0.4 is 5.32 Å². The predicted molar refractivity (Wildman–Crippen MR) is 115 cm³/mol. The zero-order valence-corrected chi connectivity index (χ0v) is 18.5. The molecule has 29 heavy (non-hydrogen) atoms. The molecule has 1 amide bonds. The van der Waals surface area contributed by atoms with Crippen LogP contribution in [0.3, 0.4) is 0 Å². The van der Waals surface area contributed by atoms with Gasteiger partial charge in [0.05, 0.1) is 11.4 Å². The number of benzene rings is 2. The van der Waals surface area contributed by atoms with Crippen molar-refractivity contribution in [1.29, 1.82) is 0 Å². The third-order valence-electron chi connectivity index (χ3n) is 4.41. The number of nitrogens with zero attached hydrogens (tertiary/aromatic N) is 1. The molecule has 3 rings (SSSR count). The van der Waals surface area contributed by atoms with Crippen LogP contribution in [-0.2, 0) is 26.9 Å². The fourth-order valence-corrected chi connectivity index (χ4v) is 4.55. The first kappa shape index (κ1) is 21.3. The van der Waals surface area contributed by atoms with Crippen LogP contribution in [0, 0.1) is 13.8 Å². The van der Waals surface area contributed by atoms with Crippen molar-refractivity contribution < 1.29 is 17.6 Å². The first-order valence-corrected chi connectivity index (χ1v) is 11.6. The van der Waals surface area contributed by atoms with Gasteiger partial charge >= 0.3 is 0 Å². The van der Waals surface area contributed by atoms with Gasteiger partial charge in [0.15, 0.2) is 9.84 Å². The molecule has 3 aromatic rings. The lowest BCUT2D eigenvalue weighted by atomic mass is 10.1. The van der Waals surface area contributed by atoms with E-state index in [-0.39, 0.29) is 12.3 Å². The lowest BCUT2D eigenvalue weighted by Crippen LogP contribution is -2.30. The maximum absolute atomic E-state index is 12.5. The van der Waals surface area contributed by atoms with E-state index in [1.54, 1.807) is 6.92 Å². The van der Waals surface area contributed by atoms with Crippen molar-refractivity contribution in [3.05, 3.63) is 75.6 Å². The molecule has 152 valence electrons. The second-order valence-electron chi connectivity index (χ2n) is 6.74. The van der Waals surface area contributed by atoms with E-state index < -0.39 is 21.5 Å². The Labute approximate surface area is 178 Å². The minimum atomic E-state index is -3.70. The van der Waals surface area contributed by atoms with Gasteiger partial charge in [-0.3, -0.25) is 4.79 Å². The SMILES string of the molecule is Cc1ccccc1-c1nc(CS(=O)(=O)CC(=O)NCc2ccccc2Br)c(C)o1. The number of carbonyl (C=O) groups is 1. The number of sulfone groups is 1. The van der Waals surface area contributed by atoms with Crippen molar-refractivity contribution in [2.45, 2.75) is 26.1 Å². The molecule has 8 heteroatoms. The molecular weight excluding hydrogens is 456 g/mol. The van der Waals surface area contributed by atoms with Gasteiger partial charge in [-0.1, -0.05) is 52.3 Å². The molecule has 0 spiro atoms. The Balaban J connectivity index is 1.66. The zero-order chi connectivity index (χ0) is 21.0. The van der Waals surface area contributed by atoms with Crippen molar-refractivity contribution >= 4 is 31.7 Å². The van der Waals surface area contributed by atoms with E-state index in [0.717, 1.165) is 21.2 Å². The minimum absolute atomic E-state index is 0.246. The third kappa shape index (κ3) is 5.55. The van der Waals surface area contributed by atoms with E-state index in [1.807, 2.05) is 55.5 Å². The summed E-state index contributed by atoms with van der Waals surface area (Å²) in [5.74, 6) is -0.703. The molecule has 0 bridgehead atoms. The topological polar surface area (TPSA) is 89.3 Å². The van der Waals surface area contributed by atoms with E-state index in [4.69, 9.17) is 4.42 Å². The summed E-state index contributed by atoms with van der Waals surface area (Å²) in [6.45, 7) is 3.85. The van der Waals surface area contributed by atoms with E-state index in [0.29, 0.717) is 17.3 Å². The molecule has 1 aromatic heterocycles. The fourth-order valence-electron chi connectivity index (χ4n) is 2.84. The van der Waals surface area contributed by atoms with Gasteiger partial charge in [0.2, 0.25) is 11.8 Å². The Hall–Kier alpha value is -2.45. The summed E-state index contributed by atoms with van der Waals surface area (Å²) in [5, 5.41) is 2.64. The molecule has 1 heterocycles. The van der Waals surface area contributed by atoms with Crippen molar-refractivity contribution in [2.24, 2.45) is 0 Å². The summed E-state index contributed by atoms with van der Waals surface area (Å²) in [7, 11) is -3.70. The molecule has 0 saturated heterocycles. The third-order valence-corrected chi connectivity index (χ3v) is 6.60. The summed E-state index contributed by atoms with van der Waals surface area (Å²) >= 11 is 3.40. The Morgan fingerprint density at radius 2 is 1.79 bits per heavy atom. The number of aryl methyl sites for hydroxylation is 2.